The van der Waals surface area contributed by atoms with Gasteiger partial charge in [0.2, 0.25) is 10.0 Å². The van der Waals surface area contributed by atoms with Crippen LogP contribution >= 0.6 is 0 Å². The second-order valence-corrected chi connectivity index (χ2v) is 5.82. The molecule has 0 aromatic heterocycles. The predicted molar refractivity (Wildman–Crippen MR) is 62.0 cm³/mol. The number of sulfonamides is 1. The number of nitrogens with zero attached hydrogens (tertiary/aromatic N) is 1. The van der Waals surface area contributed by atoms with Gasteiger partial charge in [0.1, 0.15) is 10.7 Å². The SMILES string of the molecule is O=S(=O)(c1ccccc1F)N1CCOCC1CO. The van der Waals surface area contributed by atoms with Crippen molar-refractivity contribution >= 4 is 10.0 Å². The van der Waals surface area contributed by atoms with Gasteiger partial charge in [-0.05, 0) is 12.1 Å². The Kier molecular flexibility index (Phi) is 3.96. The van der Waals surface area contributed by atoms with E-state index in [0.717, 1.165) is 10.4 Å². The van der Waals surface area contributed by atoms with Crippen molar-refractivity contribution in [1.29, 1.82) is 0 Å². The van der Waals surface area contributed by atoms with Crippen LogP contribution in [-0.2, 0) is 14.8 Å². The van der Waals surface area contributed by atoms with Crippen LogP contribution in [0.2, 0.25) is 0 Å². The number of rotatable bonds is 3. The third-order valence-electron chi connectivity index (χ3n) is 2.81. The Hall–Kier alpha value is -1.02. The molecule has 1 saturated heterocycles. The summed E-state index contributed by atoms with van der Waals surface area (Å²) in [7, 11) is -3.94. The lowest BCUT2D eigenvalue weighted by molar-refractivity contribution is 0.0108. The maximum atomic E-state index is 13.6. The number of halogens is 1. The Balaban J connectivity index is 2.39. The van der Waals surface area contributed by atoms with E-state index in [9.17, 15) is 12.8 Å². The highest BCUT2D eigenvalue weighted by Crippen LogP contribution is 2.22. The van der Waals surface area contributed by atoms with Crippen molar-refractivity contribution in [2.24, 2.45) is 0 Å². The van der Waals surface area contributed by atoms with E-state index in [1.807, 2.05) is 0 Å². The summed E-state index contributed by atoms with van der Waals surface area (Å²) >= 11 is 0. The Morgan fingerprint density at radius 1 is 1.44 bits per heavy atom. The molecule has 7 heteroatoms. The average molecular weight is 275 g/mol. The minimum atomic E-state index is -3.94. The Labute approximate surface area is 105 Å². The second kappa shape index (κ2) is 5.31. The number of hydrogen-bond donors (Lipinski definition) is 1. The molecule has 1 aromatic rings. The third kappa shape index (κ3) is 2.39. The highest BCUT2D eigenvalue weighted by atomic mass is 32.2. The zero-order valence-corrected chi connectivity index (χ0v) is 10.4. The molecule has 1 atom stereocenters. The largest absolute Gasteiger partial charge is 0.395 e. The molecule has 100 valence electrons. The minimum Gasteiger partial charge on any atom is -0.395 e. The van der Waals surface area contributed by atoms with Gasteiger partial charge in [0, 0.05) is 6.54 Å². The van der Waals surface area contributed by atoms with Gasteiger partial charge in [-0.25, -0.2) is 12.8 Å². The molecule has 5 nitrogen and oxygen atoms in total. The first-order valence-electron chi connectivity index (χ1n) is 5.52. The molecular weight excluding hydrogens is 261 g/mol. The van der Waals surface area contributed by atoms with Crippen molar-refractivity contribution in [3.63, 3.8) is 0 Å². The van der Waals surface area contributed by atoms with Crippen LogP contribution in [-0.4, -0.2) is 50.2 Å². The van der Waals surface area contributed by atoms with E-state index in [0.29, 0.717) is 0 Å². The molecule has 2 rings (SSSR count). The Morgan fingerprint density at radius 3 is 2.83 bits per heavy atom. The van der Waals surface area contributed by atoms with Crippen LogP contribution in [0, 0.1) is 5.82 Å². The van der Waals surface area contributed by atoms with E-state index in [-0.39, 0.29) is 31.3 Å². The van der Waals surface area contributed by atoms with Gasteiger partial charge in [-0.3, -0.25) is 0 Å². The van der Waals surface area contributed by atoms with E-state index in [1.54, 1.807) is 0 Å². The van der Waals surface area contributed by atoms with Crippen molar-refractivity contribution in [3.05, 3.63) is 30.1 Å². The lowest BCUT2D eigenvalue weighted by Gasteiger charge is -2.33. The van der Waals surface area contributed by atoms with E-state index in [4.69, 9.17) is 9.84 Å². The summed E-state index contributed by atoms with van der Waals surface area (Å²) in [6, 6.07) is 4.54. The summed E-state index contributed by atoms with van der Waals surface area (Å²) in [4.78, 5) is -0.370. The molecule has 0 aliphatic carbocycles. The number of aliphatic hydroxyl groups excluding tert-OH is 1. The molecular formula is C11H14FNO4S. The molecule has 1 aromatic carbocycles. The van der Waals surface area contributed by atoms with Crippen LogP contribution in [0.4, 0.5) is 4.39 Å². The van der Waals surface area contributed by atoms with Crippen molar-refractivity contribution < 1.29 is 22.7 Å². The van der Waals surface area contributed by atoms with Crippen molar-refractivity contribution in [2.75, 3.05) is 26.4 Å². The highest BCUT2D eigenvalue weighted by molar-refractivity contribution is 7.89. The molecule has 1 heterocycles. The van der Waals surface area contributed by atoms with Gasteiger partial charge < -0.3 is 9.84 Å². The van der Waals surface area contributed by atoms with Crippen LogP contribution < -0.4 is 0 Å². The molecule has 1 aliphatic heterocycles. The van der Waals surface area contributed by atoms with Gasteiger partial charge in [-0.2, -0.15) is 4.31 Å². The van der Waals surface area contributed by atoms with Crippen LogP contribution in [0.3, 0.4) is 0 Å². The van der Waals surface area contributed by atoms with Crippen molar-refractivity contribution in [2.45, 2.75) is 10.9 Å². The zero-order valence-electron chi connectivity index (χ0n) is 9.62. The Bertz CT molecular complexity index is 520. The van der Waals surface area contributed by atoms with Crippen LogP contribution in [0.25, 0.3) is 0 Å². The van der Waals surface area contributed by atoms with E-state index in [1.165, 1.54) is 18.2 Å². The molecule has 1 unspecified atom stereocenters. The average Bonchev–Trinajstić information content (AvgIpc) is 2.39. The third-order valence-corrected chi connectivity index (χ3v) is 4.79. The monoisotopic (exact) mass is 275 g/mol. The van der Waals surface area contributed by atoms with E-state index in [2.05, 4.69) is 0 Å². The van der Waals surface area contributed by atoms with Crippen LogP contribution in [0.1, 0.15) is 0 Å². The molecule has 18 heavy (non-hydrogen) atoms. The maximum absolute atomic E-state index is 13.6. The first kappa shape index (κ1) is 13.4. The fraction of sp³-hybridized carbons (Fsp3) is 0.455. The lowest BCUT2D eigenvalue weighted by Crippen LogP contribution is -2.50. The summed E-state index contributed by atoms with van der Waals surface area (Å²) in [5, 5.41) is 9.16. The summed E-state index contributed by atoms with van der Waals surface area (Å²) in [6.45, 7) is 0.115. The van der Waals surface area contributed by atoms with Crippen LogP contribution in [0.5, 0.6) is 0 Å². The van der Waals surface area contributed by atoms with Gasteiger partial charge in [0.25, 0.3) is 0 Å². The first-order chi connectivity index (χ1) is 8.57. The smallest absolute Gasteiger partial charge is 0.246 e. The van der Waals surface area contributed by atoms with Gasteiger partial charge >= 0.3 is 0 Å². The minimum absolute atomic E-state index is 0.113. The fourth-order valence-corrected chi connectivity index (χ4v) is 3.53. The quantitative estimate of drug-likeness (QED) is 0.856. The number of morpholine rings is 1. The molecule has 0 spiro atoms. The molecule has 0 bridgehead atoms. The molecule has 0 radical (unpaired) electrons. The fourth-order valence-electron chi connectivity index (χ4n) is 1.88. The maximum Gasteiger partial charge on any atom is 0.246 e. The number of aliphatic hydroxyl groups is 1. The molecule has 1 N–H and O–H groups in total. The number of hydrogen-bond acceptors (Lipinski definition) is 4. The van der Waals surface area contributed by atoms with E-state index >= 15 is 0 Å². The zero-order chi connectivity index (χ0) is 13.2. The number of benzene rings is 1. The van der Waals surface area contributed by atoms with Gasteiger partial charge in [-0.1, -0.05) is 12.1 Å². The summed E-state index contributed by atoms with van der Waals surface area (Å²) in [6.07, 6.45) is 0. The summed E-state index contributed by atoms with van der Waals surface area (Å²) < 4.78 is 44.4. The van der Waals surface area contributed by atoms with Gasteiger partial charge in [0.15, 0.2) is 0 Å². The van der Waals surface area contributed by atoms with Crippen molar-refractivity contribution in [1.82, 2.24) is 4.31 Å². The van der Waals surface area contributed by atoms with Gasteiger partial charge in [0.05, 0.1) is 25.9 Å². The second-order valence-electron chi connectivity index (χ2n) is 3.96. The predicted octanol–water partition coefficient (Wildman–Crippen LogP) is 0.208. The Morgan fingerprint density at radius 2 is 2.17 bits per heavy atom. The molecule has 1 aliphatic rings. The normalized spacial score (nSPS) is 22.0. The standard InChI is InChI=1S/C11H14FNO4S/c12-10-3-1-2-4-11(10)18(15,16)13-5-6-17-8-9(13)7-14/h1-4,9,14H,5-8H2. The molecule has 0 amide bonds. The first-order valence-corrected chi connectivity index (χ1v) is 6.96. The van der Waals surface area contributed by atoms with Crippen molar-refractivity contribution in [3.8, 4) is 0 Å². The van der Waals surface area contributed by atoms with Crippen LogP contribution in [0.15, 0.2) is 29.2 Å². The van der Waals surface area contributed by atoms with Gasteiger partial charge in [-0.15, -0.1) is 0 Å². The van der Waals surface area contributed by atoms with E-state index < -0.39 is 21.9 Å². The summed E-state index contributed by atoms with van der Waals surface area (Å²) in [5.74, 6) is -0.791. The number of ether oxygens (including phenoxy) is 1. The highest BCUT2D eigenvalue weighted by Gasteiger charge is 2.35. The molecule has 1 fully saturated rings. The topological polar surface area (TPSA) is 66.8 Å². The lowest BCUT2D eigenvalue weighted by atomic mass is 10.3. The molecule has 0 saturated carbocycles. The summed E-state index contributed by atoms with van der Waals surface area (Å²) in [5.41, 5.74) is 0.